The van der Waals surface area contributed by atoms with Gasteiger partial charge in [0.15, 0.2) is 24.8 Å². The van der Waals surface area contributed by atoms with Crippen LogP contribution in [0.2, 0.25) is 0 Å². The fourth-order valence-electron chi connectivity index (χ4n) is 3.18. The Hall–Kier alpha value is -0.410. The van der Waals surface area contributed by atoms with E-state index in [2.05, 4.69) is 5.32 Å². The summed E-state index contributed by atoms with van der Waals surface area (Å²) >= 11 is 5.23. The largest absolute Gasteiger partial charge is 0.357 e. The maximum atomic E-state index is 11.6. The summed E-state index contributed by atoms with van der Waals surface area (Å²) in [5, 5.41) is 3.61. The molecular formula is C10H16N2O4S3. The van der Waals surface area contributed by atoms with E-state index in [-0.39, 0.29) is 41.0 Å². The molecule has 0 aromatic rings. The Morgan fingerprint density at radius 1 is 1.16 bits per heavy atom. The third-order valence-electron chi connectivity index (χ3n) is 4.07. The SMILES string of the molecule is O=S1(=O)CCC(CN2C(=S)NC3CS(=O)(=O)CC32)C1. The van der Waals surface area contributed by atoms with Crippen LogP contribution < -0.4 is 5.32 Å². The first kappa shape index (κ1) is 13.6. The lowest BCUT2D eigenvalue weighted by Crippen LogP contribution is -2.40. The minimum atomic E-state index is -3.00. The molecule has 1 N–H and O–H groups in total. The van der Waals surface area contributed by atoms with Gasteiger partial charge in [0.2, 0.25) is 0 Å². The van der Waals surface area contributed by atoms with Gasteiger partial charge < -0.3 is 10.2 Å². The average molecular weight is 324 g/mol. The summed E-state index contributed by atoms with van der Waals surface area (Å²) in [4.78, 5) is 1.88. The van der Waals surface area contributed by atoms with Gasteiger partial charge in [-0.2, -0.15) is 0 Å². The lowest BCUT2D eigenvalue weighted by molar-refractivity contribution is 0.311. The Labute approximate surface area is 118 Å². The van der Waals surface area contributed by atoms with Crippen LogP contribution in [0.15, 0.2) is 0 Å². The monoisotopic (exact) mass is 324 g/mol. The molecule has 3 rings (SSSR count). The molecule has 3 saturated heterocycles. The molecule has 0 aliphatic carbocycles. The van der Waals surface area contributed by atoms with E-state index in [4.69, 9.17) is 12.2 Å². The highest BCUT2D eigenvalue weighted by Gasteiger charge is 2.47. The molecule has 0 spiro atoms. The van der Waals surface area contributed by atoms with E-state index in [1.165, 1.54) is 0 Å². The fraction of sp³-hybridized carbons (Fsp3) is 0.900. The van der Waals surface area contributed by atoms with Gasteiger partial charge in [0.25, 0.3) is 0 Å². The lowest BCUT2D eigenvalue weighted by Gasteiger charge is -2.25. The molecule has 3 atom stereocenters. The second-order valence-electron chi connectivity index (χ2n) is 5.62. The van der Waals surface area contributed by atoms with Crippen LogP contribution in [0.1, 0.15) is 6.42 Å². The van der Waals surface area contributed by atoms with E-state index >= 15 is 0 Å². The molecule has 108 valence electrons. The maximum absolute atomic E-state index is 11.6. The Morgan fingerprint density at radius 2 is 1.89 bits per heavy atom. The number of fused-ring (bicyclic) bond motifs is 1. The van der Waals surface area contributed by atoms with Gasteiger partial charge in [0, 0.05) is 6.54 Å². The predicted molar refractivity (Wildman–Crippen MR) is 75.4 cm³/mol. The van der Waals surface area contributed by atoms with Crippen molar-refractivity contribution in [2.24, 2.45) is 5.92 Å². The van der Waals surface area contributed by atoms with Crippen LogP contribution >= 0.6 is 12.2 Å². The topological polar surface area (TPSA) is 83.6 Å². The van der Waals surface area contributed by atoms with Gasteiger partial charge in [-0.25, -0.2) is 16.8 Å². The quantitative estimate of drug-likeness (QED) is 0.637. The van der Waals surface area contributed by atoms with Crippen molar-refractivity contribution in [3.05, 3.63) is 0 Å². The summed E-state index contributed by atoms with van der Waals surface area (Å²) in [7, 11) is -5.91. The van der Waals surface area contributed by atoms with Gasteiger partial charge in [-0.05, 0) is 24.6 Å². The Kier molecular flexibility index (Phi) is 3.06. The van der Waals surface area contributed by atoms with E-state index in [9.17, 15) is 16.8 Å². The Balaban J connectivity index is 1.73. The molecule has 3 fully saturated rings. The van der Waals surface area contributed by atoms with Crippen molar-refractivity contribution in [1.82, 2.24) is 10.2 Å². The van der Waals surface area contributed by atoms with Crippen molar-refractivity contribution >= 4 is 37.0 Å². The highest BCUT2D eigenvalue weighted by atomic mass is 32.2. The van der Waals surface area contributed by atoms with Crippen LogP contribution in [0.25, 0.3) is 0 Å². The standard InChI is InChI=1S/C10H16N2O4S3/c13-18(14)2-1-7(4-18)3-12-9-6-19(15,16)5-8(9)11-10(12)17/h7-9H,1-6H2,(H,11,17). The van der Waals surface area contributed by atoms with Gasteiger partial charge >= 0.3 is 0 Å². The van der Waals surface area contributed by atoms with Crippen LogP contribution in [-0.4, -0.2) is 68.5 Å². The molecule has 0 aromatic carbocycles. The minimum absolute atomic E-state index is 0.0619. The fourth-order valence-corrected chi connectivity index (χ4v) is 7.31. The highest BCUT2D eigenvalue weighted by Crippen LogP contribution is 2.27. The summed E-state index contributed by atoms with van der Waals surface area (Å²) in [6.45, 7) is 0.543. The third kappa shape index (κ3) is 2.59. The molecule has 3 heterocycles. The van der Waals surface area contributed by atoms with Gasteiger partial charge in [-0.1, -0.05) is 0 Å². The van der Waals surface area contributed by atoms with E-state index in [0.717, 1.165) is 0 Å². The van der Waals surface area contributed by atoms with Crippen LogP contribution in [0, 0.1) is 5.92 Å². The van der Waals surface area contributed by atoms with Crippen LogP contribution in [0.3, 0.4) is 0 Å². The van der Waals surface area contributed by atoms with Crippen molar-refractivity contribution in [2.75, 3.05) is 29.6 Å². The van der Waals surface area contributed by atoms with Gasteiger partial charge in [0.05, 0.1) is 35.1 Å². The molecule has 9 heteroatoms. The molecule has 3 aliphatic heterocycles. The van der Waals surface area contributed by atoms with Crippen molar-refractivity contribution in [3.63, 3.8) is 0 Å². The smallest absolute Gasteiger partial charge is 0.169 e. The van der Waals surface area contributed by atoms with Gasteiger partial charge in [0.1, 0.15) is 0 Å². The molecule has 3 aliphatic rings. The second kappa shape index (κ2) is 4.29. The predicted octanol–water partition coefficient (Wildman–Crippen LogP) is -1.22. The number of nitrogens with one attached hydrogen (secondary N) is 1. The third-order valence-corrected chi connectivity index (χ3v) is 7.98. The summed E-state index contributed by atoms with van der Waals surface area (Å²) < 4.78 is 46.2. The molecule has 19 heavy (non-hydrogen) atoms. The number of thiocarbonyl (C=S) groups is 1. The molecule has 0 amide bonds. The van der Waals surface area contributed by atoms with E-state index < -0.39 is 19.7 Å². The van der Waals surface area contributed by atoms with Crippen LogP contribution in [-0.2, 0) is 19.7 Å². The summed E-state index contributed by atoms with van der Waals surface area (Å²) in [6, 6.07) is -0.253. The van der Waals surface area contributed by atoms with Crippen molar-refractivity contribution in [1.29, 1.82) is 0 Å². The van der Waals surface area contributed by atoms with E-state index in [1.807, 2.05) is 4.90 Å². The molecule has 0 saturated carbocycles. The normalized spacial score (nSPS) is 39.3. The molecule has 6 nitrogen and oxygen atoms in total. The number of sulfone groups is 2. The first-order chi connectivity index (χ1) is 8.76. The average Bonchev–Trinajstić information content (AvgIpc) is 2.82. The Bertz CT molecular complexity index is 613. The zero-order valence-electron chi connectivity index (χ0n) is 10.3. The van der Waals surface area contributed by atoms with Crippen molar-refractivity contribution in [3.8, 4) is 0 Å². The summed E-state index contributed by atoms with van der Waals surface area (Å²) in [5.74, 6) is 0.724. The summed E-state index contributed by atoms with van der Waals surface area (Å²) in [6.07, 6.45) is 0.644. The molecule has 0 aromatic heterocycles. The van der Waals surface area contributed by atoms with Gasteiger partial charge in [-0.3, -0.25) is 0 Å². The highest BCUT2D eigenvalue weighted by molar-refractivity contribution is 7.92. The Morgan fingerprint density at radius 3 is 2.53 bits per heavy atom. The van der Waals surface area contributed by atoms with Crippen LogP contribution in [0.4, 0.5) is 0 Å². The summed E-state index contributed by atoms with van der Waals surface area (Å²) in [5.41, 5.74) is 0. The molecular weight excluding hydrogens is 308 g/mol. The first-order valence-electron chi connectivity index (χ1n) is 6.24. The number of rotatable bonds is 2. The number of nitrogens with zero attached hydrogens (tertiary/aromatic N) is 1. The van der Waals surface area contributed by atoms with Crippen LogP contribution in [0.5, 0.6) is 0 Å². The lowest BCUT2D eigenvalue weighted by atomic mass is 10.1. The maximum Gasteiger partial charge on any atom is 0.169 e. The number of hydrogen-bond acceptors (Lipinski definition) is 5. The zero-order chi connectivity index (χ0) is 13.8. The first-order valence-corrected chi connectivity index (χ1v) is 10.3. The zero-order valence-corrected chi connectivity index (χ0v) is 12.7. The van der Waals surface area contributed by atoms with Crippen molar-refractivity contribution < 1.29 is 16.8 Å². The van der Waals surface area contributed by atoms with Crippen molar-refractivity contribution in [2.45, 2.75) is 18.5 Å². The molecule has 0 bridgehead atoms. The minimum Gasteiger partial charge on any atom is -0.357 e. The second-order valence-corrected chi connectivity index (χ2v) is 10.4. The molecule has 3 unspecified atom stereocenters. The van der Waals surface area contributed by atoms with E-state index in [1.54, 1.807) is 0 Å². The van der Waals surface area contributed by atoms with Gasteiger partial charge in [-0.15, -0.1) is 0 Å². The molecule has 0 radical (unpaired) electrons. The number of hydrogen-bond donors (Lipinski definition) is 1. The van der Waals surface area contributed by atoms with E-state index in [0.29, 0.717) is 18.1 Å².